The van der Waals surface area contributed by atoms with Crippen LogP contribution in [0.3, 0.4) is 0 Å². The summed E-state index contributed by atoms with van der Waals surface area (Å²) < 4.78 is 0. The van der Waals surface area contributed by atoms with Crippen molar-refractivity contribution in [2.24, 2.45) is 0 Å². The van der Waals surface area contributed by atoms with Crippen LogP contribution >= 0.6 is 0 Å². The molecule has 0 atom stereocenters. The molecule has 0 aliphatic heterocycles. The van der Waals surface area contributed by atoms with Crippen LogP contribution < -0.4 is 0 Å². The van der Waals surface area contributed by atoms with Crippen LogP contribution in [0.2, 0.25) is 0 Å². The molecule has 0 spiro atoms. The first-order valence-electron chi connectivity index (χ1n) is 8.53. The van der Waals surface area contributed by atoms with Gasteiger partial charge in [0.25, 0.3) is 0 Å². The second-order valence-electron chi connectivity index (χ2n) is 5.63. The SMILES string of the molecule is CCCCCCCCCCCCCCCCC#CO. The van der Waals surface area contributed by atoms with Gasteiger partial charge < -0.3 is 5.11 Å². The van der Waals surface area contributed by atoms with Gasteiger partial charge in [-0.2, -0.15) is 0 Å². The Bertz CT molecular complexity index is 211. The van der Waals surface area contributed by atoms with Gasteiger partial charge in [0.05, 0.1) is 0 Å². The molecule has 0 fully saturated rings. The molecule has 0 aliphatic rings. The quantitative estimate of drug-likeness (QED) is 0.293. The van der Waals surface area contributed by atoms with E-state index in [1.807, 2.05) is 6.11 Å². The summed E-state index contributed by atoms with van der Waals surface area (Å²) in [6.07, 6.45) is 22.2. The topological polar surface area (TPSA) is 20.2 Å². The molecular formula is C18H34O. The third-order valence-electron chi connectivity index (χ3n) is 3.73. The Morgan fingerprint density at radius 1 is 0.579 bits per heavy atom. The molecule has 0 saturated carbocycles. The van der Waals surface area contributed by atoms with Crippen LogP contribution in [0.25, 0.3) is 0 Å². The molecule has 0 aromatic rings. The van der Waals surface area contributed by atoms with Crippen molar-refractivity contribution >= 4 is 0 Å². The van der Waals surface area contributed by atoms with Gasteiger partial charge in [-0.25, -0.2) is 0 Å². The van der Waals surface area contributed by atoms with Crippen LogP contribution in [0.4, 0.5) is 0 Å². The van der Waals surface area contributed by atoms with E-state index < -0.39 is 0 Å². The Hall–Kier alpha value is -0.640. The first kappa shape index (κ1) is 18.4. The van der Waals surface area contributed by atoms with Crippen LogP contribution in [0.15, 0.2) is 0 Å². The smallest absolute Gasteiger partial charge is 0.107 e. The lowest BCUT2D eigenvalue weighted by molar-refractivity contribution is 0.515. The summed E-state index contributed by atoms with van der Waals surface area (Å²) >= 11 is 0. The van der Waals surface area contributed by atoms with Crippen molar-refractivity contribution < 1.29 is 5.11 Å². The average Bonchev–Trinajstić information content (AvgIpc) is 2.43. The molecule has 1 heteroatoms. The molecule has 19 heavy (non-hydrogen) atoms. The fraction of sp³-hybridized carbons (Fsp3) is 0.889. The molecule has 0 aromatic heterocycles. The molecule has 0 saturated heterocycles. The predicted molar refractivity (Wildman–Crippen MR) is 84.6 cm³/mol. The Morgan fingerprint density at radius 2 is 0.947 bits per heavy atom. The van der Waals surface area contributed by atoms with E-state index in [-0.39, 0.29) is 0 Å². The second kappa shape index (κ2) is 17.4. The largest absolute Gasteiger partial charge is 0.462 e. The summed E-state index contributed by atoms with van der Waals surface area (Å²) in [5.74, 6) is 2.70. The molecule has 1 nitrogen and oxygen atoms in total. The van der Waals surface area contributed by atoms with Gasteiger partial charge in [-0.15, -0.1) is 0 Å². The van der Waals surface area contributed by atoms with Crippen molar-refractivity contribution in [1.82, 2.24) is 0 Å². The van der Waals surface area contributed by atoms with E-state index in [0.717, 1.165) is 12.8 Å². The second-order valence-corrected chi connectivity index (χ2v) is 5.63. The number of aliphatic hydroxyl groups excluding tert-OH is 1. The summed E-state index contributed by atoms with van der Waals surface area (Å²) in [6.45, 7) is 2.28. The van der Waals surface area contributed by atoms with Crippen LogP contribution in [0.5, 0.6) is 0 Å². The predicted octanol–water partition coefficient (Wildman–Crippen LogP) is 6.19. The standard InChI is InChI=1S/C18H34O/c1-2-3-4-5-6-7-8-9-10-11-12-13-14-15-16-17-18-19/h19H,2-16H2,1H3. The van der Waals surface area contributed by atoms with Crippen molar-refractivity contribution in [2.75, 3.05) is 0 Å². The van der Waals surface area contributed by atoms with Crippen molar-refractivity contribution in [3.8, 4) is 12.0 Å². The van der Waals surface area contributed by atoms with E-state index in [0.29, 0.717) is 0 Å². The summed E-state index contributed by atoms with van der Waals surface area (Å²) in [5.41, 5.74) is 0. The summed E-state index contributed by atoms with van der Waals surface area (Å²) in [5, 5.41) is 8.31. The minimum absolute atomic E-state index is 0.856. The third-order valence-corrected chi connectivity index (χ3v) is 3.73. The molecule has 0 heterocycles. The lowest BCUT2D eigenvalue weighted by Gasteiger charge is -2.02. The van der Waals surface area contributed by atoms with E-state index in [1.165, 1.54) is 83.5 Å². The average molecular weight is 266 g/mol. The fourth-order valence-corrected chi connectivity index (χ4v) is 2.46. The lowest BCUT2D eigenvalue weighted by Crippen LogP contribution is -1.83. The molecule has 0 amide bonds. The van der Waals surface area contributed by atoms with Gasteiger partial charge in [-0.05, 0) is 6.42 Å². The van der Waals surface area contributed by atoms with Crippen LogP contribution in [-0.4, -0.2) is 5.11 Å². The summed E-state index contributed by atoms with van der Waals surface area (Å²) in [6, 6.07) is 0. The van der Waals surface area contributed by atoms with Gasteiger partial charge in [0.15, 0.2) is 0 Å². The Morgan fingerprint density at radius 3 is 1.32 bits per heavy atom. The van der Waals surface area contributed by atoms with Gasteiger partial charge in [0, 0.05) is 6.42 Å². The van der Waals surface area contributed by atoms with Gasteiger partial charge in [0.1, 0.15) is 6.11 Å². The minimum Gasteiger partial charge on any atom is -0.462 e. The first-order chi connectivity index (χ1) is 9.41. The molecule has 0 bridgehead atoms. The molecule has 0 unspecified atom stereocenters. The lowest BCUT2D eigenvalue weighted by atomic mass is 10.0. The zero-order chi connectivity index (χ0) is 14.0. The van der Waals surface area contributed by atoms with Crippen molar-refractivity contribution in [1.29, 1.82) is 0 Å². The number of rotatable bonds is 14. The van der Waals surface area contributed by atoms with E-state index in [9.17, 15) is 0 Å². The first-order valence-corrected chi connectivity index (χ1v) is 8.53. The molecular weight excluding hydrogens is 232 g/mol. The van der Waals surface area contributed by atoms with E-state index in [1.54, 1.807) is 0 Å². The third kappa shape index (κ3) is 17.4. The zero-order valence-corrected chi connectivity index (χ0v) is 13.1. The van der Waals surface area contributed by atoms with E-state index >= 15 is 0 Å². The normalized spacial score (nSPS) is 10.2. The van der Waals surface area contributed by atoms with Gasteiger partial charge in [-0.1, -0.05) is 96.3 Å². The van der Waals surface area contributed by atoms with Crippen molar-refractivity contribution in [3.63, 3.8) is 0 Å². The van der Waals surface area contributed by atoms with Crippen LogP contribution in [0.1, 0.15) is 103 Å². The Balaban J connectivity index is 2.92. The highest BCUT2D eigenvalue weighted by atomic mass is 16.2. The minimum atomic E-state index is 0.856. The number of hydrogen-bond donors (Lipinski definition) is 1. The molecule has 0 aromatic carbocycles. The molecule has 0 rings (SSSR count). The number of unbranched alkanes of at least 4 members (excludes halogenated alkanes) is 14. The highest BCUT2D eigenvalue weighted by molar-refractivity contribution is 4.88. The van der Waals surface area contributed by atoms with Gasteiger partial charge >= 0.3 is 0 Å². The maximum Gasteiger partial charge on any atom is 0.107 e. The molecule has 112 valence electrons. The van der Waals surface area contributed by atoms with Gasteiger partial charge in [-0.3, -0.25) is 0 Å². The summed E-state index contributed by atoms with van der Waals surface area (Å²) in [7, 11) is 0. The zero-order valence-electron chi connectivity index (χ0n) is 13.1. The van der Waals surface area contributed by atoms with Crippen molar-refractivity contribution in [3.05, 3.63) is 0 Å². The van der Waals surface area contributed by atoms with Crippen molar-refractivity contribution in [2.45, 2.75) is 103 Å². The maximum atomic E-state index is 8.31. The van der Waals surface area contributed by atoms with E-state index in [2.05, 4.69) is 12.8 Å². The van der Waals surface area contributed by atoms with Crippen LogP contribution in [0, 0.1) is 12.0 Å². The monoisotopic (exact) mass is 266 g/mol. The Labute approximate surface area is 121 Å². The molecule has 1 N–H and O–H groups in total. The molecule has 0 aliphatic carbocycles. The highest BCUT2D eigenvalue weighted by Gasteiger charge is 1.93. The summed E-state index contributed by atoms with van der Waals surface area (Å²) in [4.78, 5) is 0. The highest BCUT2D eigenvalue weighted by Crippen LogP contribution is 2.13. The molecule has 0 radical (unpaired) electrons. The van der Waals surface area contributed by atoms with E-state index in [4.69, 9.17) is 5.11 Å². The number of hydrogen-bond acceptors (Lipinski definition) is 1. The number of aliphatic hydroxyl groups is 1. The maximum absolute atomic E-state index is 8.31. The Kier molecular flexibility index (Phi) is 16.8. The van der Waals surface area contributed by atoms with Gasteiger partial charge in [0.2, 0.25) is 0 Å². The van der Waals surface area contributed by atoms with Crippen LogP contribution in [-0.2, 0) is 0 Å². The fourth-order valence-electron chi connectivity index (χ4n) is 2.46.